The number of nitrogens with one attached hydrogen (secondary N) is 1. The molecule has 2 amide bonds. The van der Waals surface area contributed by atoms with Gasteiger partial charge in [-0.2, -0.15) is 0 Å². The van der Waals surface area contributed by atoms with Gasteiger partial charge in [0, 0.05) is 18.6 Å². The number of sulfonamides is 1. The van der Waals surface area contributed by atoms with Gasteiger partial charge in [-0.15, -0.1) is 0 Å². The Morgan fingerprint density at radius 2 is 1.70 bits per heavy atom. The van der Waals surface area contributed by atoms with Gasteiger partial charge in [0.1, 0.15) is 18.3 Å². The molecule has 0 aliphatic rings. The van der Waals surface area contributed by atoms with Crippen molar-refractivity contribution in [1.29, 1.82) is 0 Å². The third kappa shape index (κ3) is 6.81. The molecule has 0 bridgehead atoms. The number of aryl methyl sites for hydroxylation is 1. The number of ether oxygens (including phenoxy) is 1. The number of halogens is 1. The summed E-state index contributed by atoms with van der Waals surface area (Å²) in [5.41, 5.74) is 2.04. The second-order valence-corrected chi connectivity index (χ2v) is 10.8. The van der Waals surface area contributed by atoms with Gasteiger partial charge in [0.05, 0.1) is 17.7 Å². The molecule has 8 nitrogen and oxygen atoms in total. The number of methoxy groups -OCH3 is 1. The van der Waals surface area contributed by atoms with Gasteiger partial charge in [-0.1, -0.05) is 47.5 Å². The van der Waals surface area contributed by atoms with Gasteiger partial charge < -0.3 is 15.0 Å². The summed E-state index contributed by atoms with van der Waals surface area (Å²) in [6.07, 6.45) is 0. The average Bonchev–Trinajstić information content (AvgIpc) is 2.89. The predicted octanol–water partition coefficient (Wildman–Crippen LogP) is 4.02. The smallest absolute Gasteiger partial charge is 0.264 e. The fourth-order valence-electron chi connectivity index (χ4n) is 3.83. The maximum atomic E-state index is 13.8. The van der Waals surface area contributed by atoms with Crippen LogP contribution < -0.4 is 14.4 Å². The Hall–Kier alpha value is -3.56. The summed E-state index contributed by atoms with van der Waals surface area (Å²) < 4.78 is 33.7. The lowest BCUT2D eigenvalue weighted by atomic mass is 10.1. The van der Waals surface area contributed by atoms with Crippen molar-refractivity contribution in [3.63, 3.8) is 0 Å². The first kappa shape index (κ1) is 28.0. The monoisotopic (exact) mass is 543 g/mol. The number of hydrogen-bond donors (Lipinski definition) is 1. The Labute approximate surface area is 222 Å². The molecule has 3 rings (SSSR count). The molecule has 3 aromatic rings. The van der Waals surface area contributed by atoms with Crippen molar-refractivity contribution in [2.24, 2.45) is 0 Å². The fourth-order valence-corrected chi connectivity index (χ4v) is 5.42. The van der Waals surface area contributed by atoms with Crippen molar-refractivity contribution in [1.82, 2.24) is 10.2 Å². The fraction of sp³-hybridized carbons (Fsp3) is 0.259. The minimum atomic E-state index is -4.18. The molecule has 196 valence electrons. The Morgan fingerprint density at radius 3 is 2.30 bits per heavy atom. The third-order valence-corrected chi connectivity index (χ3v) is 7.89. The number of likely N-dealkylation sites (N-methyl/N-ethyl adjacent to an activating group) is 1. The van der Waals surface area contributed by atoms with Crippen LogP contribution in [-0.4, -0.2) is 51.9 Å². The van der Waals surface area contributed by atoms with Crippen LogP contribution in [0.3, 0.4) is 0 Å². The number of benzene rings is 3. The largest absolute Gasteiger partial charge is 0.497 e. The van der Waals surface area contributed by atoms with E-state index in [1.54, 1.807) is 25.1 Å². The second-order valence-electron chi connectivity index (χ2n) is 8.47. The van der Waals surface area contributed by atoms with Crippen molar-refractivity contribution in [2.45, 2.75) is 31.3 Å². The van der Waals surface area contributed by atoms with E-state index in [4.69, 9.17) is 16.3 Å². The first-order valence-electron chi connectivity index (χ1n) is 11.6. The number of nitrogens with zero attached hydrogens (tertiary/aromatic N) is 2. The first-order chi connectivity index (χ1) is 17.6. The van der Waals surface area contributed by atoms with Crippen molar-refractivity contribution in [2.75, 3.05) is 25.0 Å². The van der Waals surface area contributed by atoms with Gasteiger partial charge in [-0.05, 0) is 61.9 Å². The van der Waals surface area contributed by atoms with Gasteiger partial charge in [0.25, 0.3) is 10.0 Å². The van der Waals surface area contributed by atoms with Crippen LogP contribution in [0.25, 0.3) is 0 Å². The molecule has 0 fully saturated rings. The van der Waals surface area contributed by atoms with E-state index in [1.165, 1.54) is 49.4 Å². The summed E-state index contributed by atoms with van der Waals surface area (Å²) in [6.45, 7) is 3.12. The summed E-state index contributed by atoms with van der Waals surface area (Å²) in [5.74, 6) is -0.420. The lowest BCUT2D eigenvalue weighted by molar-refractivity contribution is -0.139. The molecule has 37 heavy (non-hydrogen) atoms. The molecule has 0 radical (unpaired) electrons. The molecule has 0 saturated carbocycles. The first-order valence-corrected chi connectivity index (χ1v) is 13.4. The topological polar surface area (TPSA) is 96.0 Å². The maximum absolute atomic E-state index is 13.8. The van der Waals surface area contributed by atoms with Gasteiger partial charge in [-0.3, -0.25) is 13.9 Å². The molecule has 0 aromatic heterocycles. The molecule has 1 atom stereocenters. The summed E-state index contributed by atoms with van der Waals surface area (Å²) in [5, 5.41) is 2.88. The van der Waals surface area contributed by atoms with E-state index in [0.717, 1.165) is 15.4 Å². The van der Waals surface area contributed by atoms with Crippen LogP contribution in [0.1, 0.15) is 18.1 Å². The highest BCUT2D eigenvalue weighted by Crippen LogP contribution is 2.28. The highest BCUT2D eigenvalue weighted by molar-refractivity contribution is 7.92. The van der Waals surface area contributed by atoms with Gasteiger partial charge >= 0.3 is 0 Å². The molecular formula is C27H30ClN3O5S. The zero-order chi connectivity index (χ0) is 27.2. The summed E-state index contributed by atoms with van der Waals surface area (Å²) in [6, 6.07) is 18.9. The minimum Gasteiger partial charge on any atom is -0.497 e. The minimum absolute atomic E-state index is 0.0225. The normalized spacial score (nSPS) is 11.9. The van der Waals surface area contributed by atoms with E-state index in [0.29, 0.717) is 10.8 Å². The standard InChI is InChI=1S/C27H30ClN3O5S/c1-19-7-5-8-21(15-19)17-30(20(2)27(33)29-3)26(32)18-31(23-10-6-9-22(28)16-23)37(34,35)25-13-11-24(36-4)12-14-25/h5-16,20H,17-18H2,1-4H3,(H,29,33)/t20-/m0/s1. The molecule has 0 spiro atoms. The third-order valence-electron chi connectivity index (χ3n) is 5.87. The van der Waals surface area contributed by atoms with E-state index < -0.39 is 28.5 Å². The maximum Gasteiger partial charge on any atom is 0.264 e. The van der Waals surface area contributed by atoms with E-state index >= 15 is 0 Å². The molecule has 0 saturated heterocycles. The van der Waals surface area contributed by atoms with Crippen LogP contribution in [0, 0.1) is 6.92 Å². The van der Waals surface area contributed by atoms with Crippen molar-refractivity contribution in [3.8, 4) is 5.75 Å². The molecule has 10 heteroatoms. The van der Waals surface area contributed by atoms with Gasteiger partial charge in [0.2, 0.25) is 11.8 Å². The second kappa shape index (κ2) is 12.1. The quantitative estimate of drug-likeness (QED) is 0.417. The zero-order valence-electron chi connectivity index (χ0n) is 21.1. The molecule has 3 aromatic carbocycles. The summed E-state index contributed by atoms with van der Waals surface area (Å²) in [4.78, 5) is 27.6. The van der Waals surface area contributed by atoms with Crippen molar-refractivity contribution in [3.05, 3.63) is 88.9 Å². The average molecular weight is 544 g/mol. The number of carbonyl (C=O) groups excluding carboxylic acids is 2. The Bertz CT molecular complexity index is 1360. The van der Waals surface area contributed by atoms with Crippen LogP contribution in [0.5, 0.6) is 5.75 Å². The summed E-state index contributed by atoms with van der Waals surface area (Å²) in [7, 11) is -1.21. The number of hydrogen-bond acceptors (Lipinski definition) is 5. The number of rotatable bonds is 10. The Kier molecular flexibility index (Phi) is 9.18. The van der Waals surface area contributed by atoms with Gasteiger partial charge in [-0.25, -0.2) is 8.42 Å². The highest BCUT2D eigenvalue weighted by atomic mass is 35.5. The Balaban J connectivity index is 2.03. The molecule has 0 aliphatic carbocycles. The van der Waals surface area contributed by atoms with Crippen LogP contribution >= 0.6 is 11.6 Å². The van der Waals surface area contributed by atoms with Crippen LogP contribution in [0.4, 0.5) is 5.69 Å². The zero-order valence-corrected chi connectivity index (χ0v) is 22.7. The number of carbonyl (C=O) groups is 2. The number of amides is 2. The van der Waals surface area contributed by atoms with Crippen molar-refractivity contribution < 1.29 is 22.7 Å². The number of anilines is 1. The van der Waals surface area contributed by atoms with Crippen molar-refractivity contribution >= 4 is 39.1 Å². The highest BCUT2D eigenvalue weighted by Gasteiger charge is 2.32. The molecule has 1 N–H and O–H groups in total. The SMILES string of the molecule is CNC(=O)[C@H](C)N(Cc1cccc(C)c1)C(=O)CN(c1cccc(Cl)c1)S(=O)(=O)c1ccc(OC)cc1. The van der Waals surface area contributed by atoms with E-state index in [2.05, 4.69) is 5.32 Å². The van der Waals surface area contributed by atoms with Gasteiger partial charge in [0.15, 0.2) is 0 Å². The van der Waals surface area contributed by atoms with E-state index in [-0.39, 0.29) is 23.0 Å². The Morgan fingerprint density at radius 1 is 1.03 bits per heavy atom. The van der Waals surface area contributed by atoms with E-state index in [1.807, 2.05) is 31.2 Å². The summed E-state index contributed by atoms with van der Waals surface area (Å²) >= 11 is 6.17. The lowest BCUT2D eigenvalue weighted by Crippen LogP contribution is -2.50. The molecular weight excluding hydrogens is 514 g/mol. The van der Waals surface area contributed by atoms with Crippen LogP contribution in [0.15, 0.2) is 77.7 Å². The lowest BCUT2D eigenvalue weighted by Gasteiger charge is -2.32. The molecule has 0 aliphatic heterocycles. The van der Waals surface area contributed by atoms with Crippen LogP contribution in [0.2, 0.25) is 5.02 Å². The van der Waals surface area contributed by atoms with Crippen LogP contribution in [-0.2, 0) is 26.2 Å². The molecule has 0 unspecified atom stereocenters. The van der Waals surface area contributed by atoms with E-state index in [9.17, 15) is 18.0 Å². The molecule has 0 heterocycles. The predicted molar refractivity (Wildman–Crippen MR) is 144 cm³/mol.